The van der Waals surface area contributed by atoms with E-state index >= 15 is 0 Å². The van der Waals surface area contributed by atoms with Crippen molar-refractivity contribution in [1.29, 1.82) is 0 Å². The Bertz CT molecular complexity index is 333. The van der Waals surface area contributed by atoms with Crippen LogP contribution in [0.5, 0.6) is 0 Å². The fourth-order valence-corrected chi connectivity index (χ4v) is 3.43. The molecule has 0 aromatic rings. The summed E-state index contributed by atoms with van der Waals surface area (Å²) >= 11 is 0. The van der Waals surface area contributed by atoms with Crippen molar-refractivity contribution in [2.24, 2.45) is 5.92 Å². The van der Waals surface area contributed by atoms with Gasteiger partial charge in [0.25, 0.3) is 5.97 Å². The molecule has 0 aromatic carbocycles. The maximum Gasteiger partial charge on any atom is 0.285 e. The predicted octanol–water partition coefficient (Wildman–Crippen LogP) is 4.55. The fraction of sp³-hybridized carbons (Fsp3) is 1.00. The van der Waals surface area contributed by atoms with Crippen LogP contribution in [0.1, 0.15) is 71.6 Å². The van der Waals surface area contributed by atoms with Crippen LogP contribution in [0.4, 0.5) is 0 Å². The summed E-state index contributed by atoms with van der Waals surface area (Å²) in [6.45, 7) is 7.71. The van der Waals surface area contributed by atoms with Gasteiger partial charge in [0.1, 0.15) is 12.2 Å². The van der Waals surface area contributed by atoms with Gasteiger partial charge in [0.2, 0.25) is 0 Å². The molecule has 3 unspecified atom stereocenters. The zero-order chi connectivity index (χ0) is 20.7. The summed E-state index contributed by atoms with van der Waals surface area (Å²) in [6, 6.07) is 0. The molecule has 6 heteroatoms. The summed E-state index contributed by atoms with van der Waals surface area (Å²) in [5.41, 5.74) is 0. The van der Waals surface area contributed by atoms with E-state index in [1.807, 2.05) is 0 Å². The van der Waals surface area contributed by atoms with E-state index in [-0.39, 0.29) is 0 Å². The predicted molar refractivity (Wildman–Crippen MR) is 110 cm³/mol. The summed E-state index contributed by atoms with van der Waals surface area (Å²) < 4.78 is 31.6. The van der Waals surface area contributed by atoms with Gasteiger partial charge < -0.3 is 28.4 Å². The quantitative estimate of drug-likeness (QED) is 0.201. The Morgan fingerprint density at radius 1 is 0.750 bits per heavy atom. The van der Waals surface area contributed by atoms with E-state index in [2.05, 4.69) is 13.8 Å². The second kappa shape index (κ2) is 15.6. The minimum Gasteiger partial charge on any atom is -0.376 e. The number of methoxy groups -OCH3 is 3. The third-order valence-corrected chi connectivity index (χ3v) is 5.31. The molecule has 0 aromatic heterocycles. The molecule has 2 aliphatic rings. The van der Waals surface area contributed by atoms with Crippen LogP contribution in [-0.4, -0.2) is 65.9 Å². The van der Waals surface area contributed by atoms with Crippen LogP contribution in [0.2, 0.25) is 0 Å². The maximum absolute atomic E-state index is 5.50. The monoisotopic (exact) mass is 404 g/mol. The molecule has 6 nitrogen and oxygen atoms in total. The van der Waals surface area contributed by atoms with Gasteiger partial charge in [-0.25, -0.2) is 0 Å². The van der Waals surface area contributed by atoms with Crippen LogP contribution < -0.4 is 0 Å². The molecular formula is C22H44O6. The molecule has 3 atom stereocenters. The number of ether oxygens (including phenoxy) is 6. The lowest BCUT2D eigenvalue weighted by Crippen LogP contribution is -2.44. The second-order valence-electron chi connectivity index (χ2n) is 7.71. The molecule has 2 aliphatic heterocycles. The van der Waals surface area contributed by atoms with Gasteiger partial charge in [-0.3, -0.25) is 0 Å². The average Bonchev–Trinajstić information content (AvgIpc) is 3.63. The zero-order valence-electron chi connectivity index (χ0n) is 18.9. The molecule has 0 saturated carbocycles. The largest absolute Gasteiger partial charge is 0.376 e. The number of rotatable bonds is 17. The summed E-state index contributed by atoms with van der Waals surface area (Å²) in [5, 5.41) is 0. The third kappa shape index (κ3) is 11.1. The van der Waals surface area contributed by atoms with Gasteiger partial charge in [0.05, 0.1) is 26.4 Å². The van der Waals surface area contributed by atoms with E-state index in [1.165, 1.54) is 38.5 Å². The number of unbranched alkanes of at least 4 members (excludes halogenated alkanes) is 5. The highest BCUT2D eigenvalue weighted by atomic mass is 16.9. The van der Waals surface area contributed by atoms with Crippen molar-refractivity contribution in [3.05, 3.63) is 0 Å². The standard InChI is InChI=1S/C16H34O3.C6H10O3/c1-6-8-9-10-11-12-14-15(13-7-2)16(17-3,18-4)19-5;1(5-3-8-5)7-2-6-4-9-6/h15H,6-14H2,1-5H3;5-6H,1-4H2. The van der Waals surface area contributed by atoms with Crippen molar-refractivity contribution in [1.82, 2.24) is 0 Å². The highest BCUT2D eigenvalue weighted by molar-refractivity contribution is 4.72. The molecule has 2 rings (SSSR count). The molecular weight excluding hydrogens is 360 g/mol. The third-order valence-electron chi connectivity index (χ3n) is 5.31. The molecule has 0 spiro atoms. The van der Waals surface area contributed by atoms with Crippen molar-refractivity contribution in [2.75, 3.05) is 47.8 Å². The van der Waals surface area contributed by atoms with Crippen LogP contribution in [-0.2, 0) is 28.4 Å². The number of hydrogen-bond acceptors (Lipinski definition) is 6. The topological polar surface area (TPSA) is 62.0 Å². The first-order valence-corrected chi connectivity index (χ1v) is 11.1. The van der Waals surface area contributed by atoms with Gasteiger partial charge in [-0.2, -0.15) is 0 Å². The van der Waals surface area contributed by atoms with E-state index < -0.39 is 5.97 Å². The van der Waals surface area contributed by atoms with Crippen molar-refractivity contribution in [3.63, 3.8) is 0 Å². The molecule has 28 heavy (non-hydrogen) atoms. The minimum absolute atomic E-state index is 0.309. The van der Waals surface area contributed by atoms with Crippen LogP contribution in [0, 0.1) is 5.92 Å². The van der Waals surface area contributed by atoms with Gasteiger partial charge in [-0.1, -0.05) is 58.8 Å². The van der Waals surface area contributed by atoms with E-state index in [1.54, 1.807) is 21.3 Å². The smallest absolute Gasteiger partial charge is 0.285 e. The molecule has 2 saturated heterocycles. The van der Waals surface area contributed by atoms with Gasteiger partial charge in [-0.05, 0) is 12.8 Å². The highest BCUT2D eigenvalue weighted by Crippen LogP contribution is 2.32. The van der Waals surface area contributed by atoms with E-state index in [9.17, 15) is 0 Å². The minimum atomic E-state index is -0.862. The van der Waals surface area contributed by atoms with Crippen molar-refractivity contribution in [2.45, 2.75) is 89.8 Å². The molecule has 0 amide bonds. The Balaban J connectivity index is 0.000000354. The van der Waals surface area contributed by atoms with Crippen LogP contribution in [0.3, 0.4) is 0 Å². The second-order valence-corrected chi connectivity index (χ2v) is 7.71. The number of hydrogen-bond donors (Lipinski definition) is 0. The van der Waals surface area contributed by atoms with Crippen LogP contribution in [0.15, 0.2) is 0 Å². The van der Waals surface area contributed by atoms with Crippen molar-refractivity contribution < 1.29 is 28.4 Å². The van der Waals surface area contributed by atoms with E-state index in [4.69, 9.17) is 28.4 Å². The Morgan fingerprint density at radius 3 is 1.68 bits per heavy atom. The molecule has 0 radical (unpaired) electrons. The molecule has 168 valence electrons. The van der Waals surface area contributed by atoms with Crippen LogP contribution >= 0.6 is 0 Å². The highest BCUT2D eigenvalue weighted by Gasteiger charge is 2.38. The molecule has 0 bridgehead atoms. The van der Waals surface area contributed by atoms with E-state index in [0.717, 1.165) is 45.7 Å². The lowest BCUT2D eigenvalue weighted by Gasteiger charge is -2.36. The Hall–Kier alpha value is -0.240. The molecule has 0 aliphatic carbocycles. The first-order chi connectivity index (χ1) is 13.7. The average molecular weight is 405 g/mol. The van der Waals surface area contributed by atoms with Crippen LogP contribution in [0.25, 0.3) is 0 Å². The SMILES string of the molecule is C(OCC1CO1)C1CO1.CCCCCCCCC(CCC)C(OC)(OC)OC. The Morgan fingerprint density at radius 2 is 1.25 bits per heavy atom. The van der Waals surface area contributed by atoms with Gasteiger partial charge in [0.15, 0.2) is 0 Å². The first kappa shape index (κ1) is 25.8. The van der Waals surface area contributed by atoms with Crippen molar-refractivity contribution >= 4 is 0 Å². The molecule has 0 N–H and O–H groups in total. The Kier molecular flexibility index (Phi) is 14.4. The summed E-state index contributed by atoms with van der Waals surface area (Å²) in [5.74, 6) is -0.553. The van der Waals surface area contributed by atoms with Gasteiger partial charge >= 0.3 is 0 Å². The molecule has 2 fully saturated rings. The molecule has 2 heterocycles. The summed E-state index contributed by atoms with van der Waals surface area (Å²) in [6.07, 6.45) is 12.0. The number of epoxide rings is 2. The normalized spacial score (nSPS) is 21.8. The Labute approximate surface area is 172 Å². The first-order valence-electron chi connectivity index (χ1n) is 11.1. The lowest BCUT2D eigenvalue weighted by atomic mass is 9.93. The maximum atomic E-state index is 5.50. The summed E-state index contributed by atoms with van der Waals surface area (Å²) in [4.78, 5) is 0. The zero-order valence-corrected chi connectivity index (χ0v) is 18.9. The fourth-order valence-electron chi connectivity index (χ4n) is 3.43. The van der Waals surface area contributed by atoms with Gasteiger partial charge in [0, 0.05) is 27.2 Å². The van der Waals surface area contributed by atoms with Gasteiger partial charge in [-0.15, -0.1) is 0 Å². The van der Waals surface area contributed by atoms with E-state index in [0.29, 0.717) is 18.1 Å². The summed E-state index contributed by atoms with van der Waals surface area (Å²) in [7, 11) is 4.99. The van der Waals surface area contributed by atoms with Crippen molar-refractivity contribution in [3.8, 4) is 0 Å². The lowest BCUT2D eigenvalue weighted by molar-refractivity contribution is -0.380.